The summed E-state index contributed by atoms with van der Waals surface area (Å²) in [7, 11) is -0.717. The van der Waals surface area contributed by atoms with E-state index >= 15 is 0 Å². The molecule has 3 amide bonds. The predicted molar refractivity (Wildman–Crippen MR) is 183 cm³/mol. The van der Waals surface area contributed by atoms with Crippen LogP contribution in [0.1, 0.15) is 118 Å². The summed E-state index contributed by atoms with van der Waals surface area (Å²) in [4.78, 5) is 42.2. The highest BCUT2D eigenvalue weighted by Crippen LogP contribution is 2.36. The maximum atomic E-state index is 14.1. The third-order valence-electron chi connectivity index (χ3n) is 9.70. The first-order valence-corrected chi connectivity index (χ1v) is 19.5. The second-order valence-corrected chi connectivity index (χ2v) is 16.7. The van der Waals surface area contributed by atoms with Crippen LogP contribution in [0, 0.1) is 23.7 Å². The Morgan fingerprint density at radius 3 is 2.02 bits per heavy atom. The molecule has 2 aliphatic carbocycles. The Morgan fingerprint density at radius 2 is 1.48 bits per heavy atom. The first-order chi connectivity index (χ1) is 21.7. The topological polar surface area (TPSA) is 139 Å². The molecule has 0 bridgehead atoms. The molecule has 0 radical (unpaired) electrons. The number of nitrogens with one attached hydrogen (secondary N) is 2. The number of carbonyl (C=O) groups is 3. The minimum atomic E-state index is -3.71. The zero-order chi connectivity index (χ0) is 34.4. The van der Waals surface area contributed by atoms with Crippen LogP contribution in [0.25, 0.3) is 0 Å². The van der Waals surface area contributed by atoms with Crippen molar-refractivity contribution in [3.8, 4) is 0 Å². The van der Waals surface area contributed by atoms with Crippen LogP contribution in [0.5, 0.6) is 0 Å². The largest absolute Gasteiger partial charge is 0.390 e. The lowest BCUT2D eigenvalue weighted by atomic mass is 9.79. The predicted octanol–water partition coefficient (Wildman–Crippen LogP) is 3.92. The number of amides is 3. The van der Waals surface area contributed by atoms with E-state index in [4.69, 9.17) is 0 Å². The highest BCUT2D eigenvalue weighted by atomic mass is 32.2. The van der Waals surface area contributed by atoms with Crippen molar-refractivity contribution in [3.63, 3.8) is 0 Å². The van der Waals surface area contributed by atoms with E-state index in [0.717, 1.165) is 51.4 Å². The number of hydrogen-bond acceptors (Lipinski definition) is 7. The highest BCUT2D eigenvalue weighted by Gasteiger charge is 2.44. The number of unbranched alkanes of at least 4 members (excludes halogenated alkanes) is 1. The zero-order valence-electron chi connectivity index (χ0n) is 29.8. The average molecular weight is 672 g/mol. The minimum Gasteiger partial charge on any atom is -0.390 e. The zero-order valence-corrected chi connectivity index (χ0v) is 30.6. The maximum absolute atomic E-state index is 14.1. The van der Waals surface area contributed by atoms with E-state index in [1.54, 1.807) is 5.01 Å². The number of rotatable bonds is 19. The van der Waals surface area contributed by atoms with Crippen molar-refractivity contribution >= 4 is 27.7 Å². The number of hydrazine groups is 1. The third-order valence-corrected chi connectivity index (χ3v) is 11.9. The molecule has 0 aromatic heterocycles. The second kappa shape index (κ2) is 19.9. The van der Waals surface area contributed by atoms with Crippen LogP contribution in [-0.2, 0) is 24.4 Å². The van der Waals surface area contributed by atoms with Gasteiger partial charge in [0.1, 0.15) is 0 Å². The van der Waals surface area contributed by atoms with Crippen LogP contribution in [0.4, 0.5) is 0 Å². The summed E-state index contributed by atoms with van der Waals surface area (Å²) in [6, 6.07) is -0.563. The number of aliphatic hydroxyl groups excluding tert-OH is 1. The summed E-state index contributed by atoms with van der Waals surface area (Å²) in [5, 5.41) is 15.7. The van der Waals surface area contributed by atoms with Crippen LogP contribution in [0.2, 0.25) is 0 Å². The molecule has 11 nitrogen and oxygen atoms in total. The molecule has 5 unspecified atom stereocenters. The first kappa shape index (κ1) is 40.4. The van der Waals surface area contributed by atoms with Crippen LogP contribution >= 0.6 is 0 Å². The van der Waals surface area contributed by atoms with E-state index in [1.807, 2.05) is 32.6 Å². The number of sulfonamides is 1. The summed E-state index contributed by atoms with van der Waals surface area (Å²) in [5.41, 5.74) is 2.95. The van der Waals surface area contributed by atoms with Gasteiger partial charge >= 0.3 is 0 Å². The second-order valence-electron chi connectivity index (χ2n) is 14.2. The molecule has 12 heteroatoms. The number of carbonyl (C=O) groups excluding carboxylic acids is 3. The van der Waals surface area contributed by atoms with Gasteiger partial charge in [0.15, 0.2) is 0 Å². The molecule has 0 spiro atoms. The van der Waals surface area contributed by atoms with Gasteiger partial charge < -0.3 is 15.3 Å². The van der Waals surface area contributed by atoms with Crippen molar-refractivity contribution < 1.29 is 27.9 Å². The molecule has 2 fully saturated rings. The summed E-state index contributed by atoms with van der Waals surface area (Å²) < 4.78 is 27.9. The lowest BCUT2D eigenvalue weighted by Crippen LogP contribution is -2.55. The lowest BCUT2D eigenvalue weighted by Gasteiger charge is -2.38. The molecule has 0 aromatic carbocycles. The molecule has 5 atom stereocenters. The molecule has 46 heavy (non-hydrogen) atoms. The van der Waals surface area contributed by atoms with Gasteiger partial charge in [0.25, 0.3) is 0 Å². The van der Waals surface area contributed by atoms with E-state index in [2.05, 4.69) is 17.7 Å². The van der Waals surface area contributed by atoms with Crippen LogP contribution in [0.15, 0.2) is 0 Å². The van der Waals surface area contributed by atoms with Crippen molar-refractivity contribution in [2.24, 2.45) is 23.7 Å². The quantitative estimate of drug-likeness (QED) is 0.177. The van der Waals surface area contributed by atoms with Gasteiger partial charge in [-0.25, -0.2) is 17.7 Å². The lowest BCUT2D eigenvalue weighted by molar-refractivity contribution is -0.139. The Balaban J connectivity index is 2.34. The van der Waals surface area contributed by atoms with Gasteiger partial charge in [-0.1, -0.05) is 73.1 Å². The van der Waals surface area contributed by atoms with Crippen LogP contribution in [-0.4, -0.2) is 103 Å². The molecule has 0 saturated heterocycles. The summed E-state index contributed by atoms with van der Waals surface area (Å²) in [6.07, 6.45) is 9.17. The Labute approximate surface area is 279 Å². The molecule has 2 aliphatic rings. The Kier molecular flexibility index (Phi) is 17.5. The molecular formula is C34H65N5O6S. The summed E-state index contributed by atoms with van der Waals surface area (Å²) in [6.45, 7) is 11.7. The van der Waals surface area contributed by atoms with Gasteiger partial charge in [-0.15, -0.1) is 0 Å². The fourth-order valence-corrected chi connectivity index (χ4v) is 8.48. The Bertz CT molecular complexity index is 1040. The minimum absolute atomic E-state index is 0.0774. The molecule has 2 saturated carbocycles. The fraction of sp³-hybridized carbons (Fsp3) is 0.912. The summed E-state index contributed by atoms with van der Waals surface area (Å²) in [5.74, 6) is -1.60. The van der Waals surface area contributed by atoms with E-state index in [-0.39, 0.29) is 49.4 Å². The van der Waals surface area contributed by atoms with Crippen LogP contribution in [0.3, 0.4) is 0 Å². The number of aliphatic hydroxyl groups is 1. The van der Waals surface area contributed by atoms with Gasteiger partial charge in [0.2, 0.25) is 27.7 Å². The van der Waals surface area contributed by atoms with Gasteiger partial charge in [-0.3, -0.25) is 19.8 Å². The normalized spacial score (nSPS) is 22.5. The SMILES string of the molecule is CCCCN(CC(O)C(CC1CCCCC1)NC(=O)C1CC(C(=O)N(CCC)CCC)CC(S(=O)(=O)N(C)C)C1)NC(=O)C(C)C. The van der Waals surface area contributed by atoms with Crippen molar-refractivity contribution in [2.75, 3.05) is 40.3 Å². The molecule has 0 aromatic rings. The van der Waals surface area contributed by atoms with Gasteiger partial charge in [-0.05, 0) is 50.9 Å². The summed E-state index contributed by atoms with van der Waals surface area (Å²) >= 11 is 0. The standard InChI is InChI=1S/C34H65N5O6S/c1-8-11-19-39(36-32(41)25(4)5)24-31(40)30(20-26-15-13-12-14-16-26)35-33(42)27-21-28(34(43)38(17-9-2)18-10-3)23-29(22-27)46(44,45)37(6)7/h25-31,40H,8-24H2,1-7H3,(H,35,42)(H,36,41). The maximum Gasteiger partial charge on any atom is 0.236 e. The smallest absolute Gasteiger partial charge is 0.236 e. The Hall–Kier alpha value is -1.76. The average Bonchev–Trinajstić information content (AvgIpc) is 3.02. The number of nitrogens with zero attached hydrogens (tertiary/aromatic N) is 3. The van der Waals surface area contributed by atoms with Crippen molar-refractivity contribution in [3.05, 3.63) is 0 Å². The van der Waals surface area contributed by atoms with Crippen molar-refractivity contribution in [1.82, 2.24) is 25.0 Å². The monoisotopic (exact) mass is 671 g/mol. The third kappa shape index (κ3) is 12.4. The van der Waals surface area contributed by atoms with Gasteiger partial charge in [0, 0.05) is 58.0 Å². The van der Waals surface area contributed by atoms with Crippen LogP contribution < -0.4 is 10.7 Å². The number of hydrogen-bond donors (Lipinski definition) is 3. The van der Waals surface area contributed by atoms with E-state index in [1.165, 1.54) is 24.8 Å². The highest BCUT2D eigenvalue weighted by molar-refractivity contribution is 7.89. The molecule has 0 heterocycles. The van der Waals surface area contributed by atoms with E-state index in [0.29, 0.717) is 32.0 Å². The molecular weight excluding hydrogens is 606 g/mol. The molecule has 3 N–H and O–H groups in total. The first-order valence-electron chi connectivity index (χ1n) is 18.0. The molecule has 0 aliphatic heterocycles. The van der Waals surface area contributed by atoms with Gasteiger partial charge in [0.05, 0.1) is 17.4 Å². The Morgan fingerprint density at radius 1 is 0.870 bits per heavy atom. The molecule has 2 rings (SSSR count). The van der Waals surface area contributed by atoms with Crippen molar-refractivity contribution in [2.45, 2.75) is 135 Å². The van der Waals surface area contributed by atoms with Gasteiger partial charge in [-0.2, -0.15) is 0 Å². The van der Waals surface area contributed by atoms with E-state index in [9.17, 15) is 27.9 Å². The molecule has 268 valence electrons. The van der Waals surface area contributed by atoms with E-state index < -0.39 is 39.3 Å². The fourth-order valence-electron chi connectivity index (χ4n) is 6.93. The van der Waals surface area contributed by atoms with Crippen molar-refractivity contribution in [1.29, 1.82) is 0 Å².